The van der Waals surface area contributed by atoms with E-state index in [1.807, 2.05) is 54.3 Å². The number of halogens is 1. The number of rotatable bonds is 8. The zero-order valence-electron chi connectivity index (χ0n) is 21.7. The number of piperazine rings is 1. The minimum Gasteiger partial charge on any atom is -0.366 e. The summed E-state index contributed by atoms with van der Waals surface area (Å²) < 4.78 is 43.3. The lowest BCUT2D eigenvalue weighted by Gasteiger charge is -2.37. The van der Waals surface area contributed by atoms with Gasteiger partial charge in [0.2, 0.25) is 15.9 Å². The van der Waals surface area contributed by atoms with Crippen molar-refractivity contribution in [3.05, 3.63) is 94.8 Å². The Bertz CT molecular complexity index is 1330. The van der Waals surface area contributed by atoms with Crippen LogP contribution in [0.1, 0.15) is 22.3 Å². The molecule has 1 heterocycles. The predicted octanol–water partition coefficient (Wildman–Crippen LogP) is 4.33. The van der Waals surface area contributed by atoms with Gasteiger partial charge in [0.05, 0.1) is 17.1 Å². The minimum absolute atomic E-state index is 0.194. The summed E-state index contributed by atoms with van der Waals surface area (Å²) in [6.07, 6.45) is 0.498. The van der Waals surface area contributed by atoms with Crippen molar-refractivity contribution in [3.63, 3.8) is 0 Å². The van der Waals surface area contributed by atoms with Gasteiger partial charge < -0.3 is 9.80 Å². The molecule has 8 heteroatoms. The number of aryl methyl sites for hydroxylation is 3. The van der Waals surface area contributed by atoms with E-state index in [1.165, 1.54) is 10.4 Å². The molecule has 1 amide bonds. The van der Waals surface area contributed by atoms with Crippen LogP contribution in [-0.4, -0.2) is 62.8 Å². The number of hydrogen-bond acceptors (Lipinski definition) is 4. The average Bonchev–Trinajstić information content (AvgIpc) is 2.86. The Morgan fingerprint density at radius 2 is 1.49 bits per heavy atom. The third-order valence-corrected chi connectivity index (χ3v) is 8.98. The second-order valence-corrected chi connectivity index (χ2v) is 11.5. The van der Waals surface area contributed by atoms with Crippen molar-refractivity contribution in [1.29, 1.82) is 0 Å². The van der Waals surface area contributed by atoms with E-state index in [9.17, 15) is 17.6 Å². The van der Waals surface area contributed by atoms with Crippen molar-refractivity contribution in [3.8, 4) is 0 Å². The van der Waals surface area contributed by atoms with Crippen LogP contribution in [0.25, 0.3) is 0 Å². The van der Waals surface area contributed by atoms with Crippen molar-refractivity contribution >= 4 is 21.6 Å². The molecule has 1 fully saturated rings. The van der Waals surface area contributed by atoms with Gasteiger partial charge in [-0.2, -0.15) is 4.31 Å². The number of nitrogens with zero attached hydrogens (tertiary/aromatic N) is 3. The van der Waals surface area contributed by atoms with E-state index in [2.05, 4.69) is 0 Å². The molecule has 0 unspecified atom stereocenters. The molecule has 1 saturated heterocycles. The number of carbonyl (C=O) groups excluding carboxylic acids is 1. The SMILES string of the molecule is Cc1cc(C)c(S(=O)(=O)N(CCc2ccccc2)CC(=O)N2CCN(c3ccccc3F)CC2)c(C)c1. The van der Waals surface area contributed by atoms with Crippen LogP contribution >= 0.6 is 0 Å². The third kappa shape index (κ3) is 6.19. The molecule has 196 valence electrons. The van der Waals surface area contributed by atoms with Gasteiger partial charge in [-0.3, -0.25) is 4.79 Å². The summed E-state index contributed by atoms with van der Waals surface area (Å²) >= 11 is 0. The summed E-state index contributed by atoms with van der Waals surface area (Å²) in [5.41, 5.74) is 3.87. The standard InChI is InChI=1S/C29H34FN3O3S/c1-22-19-23(2)29(24(3)20-22)37(35,36)33(14-13-25-9-5-4-6-10-25)21-28(34)32-17-15-31(16-18-32)27-12-8-7-11-26(27)30/h4-12,19-20H,13-18,21H2,1-3H3. The van der Waals surface area contributed by atoms with Crippen LogP contribution in [-0.2, 0) is 21.2 Å². The van der Waals surface area contributed by atoms with Crippen molar-refractivity contribution in [1.82, 2.24) is 9.21 Å². The van der Waals surface area contributed by atoms with Gasteiger partial charge >= 0.3 is 0 Å². The molecule has 0 aromatic heterocycles. The molecule has 6 nitrogen and oxygen atoms in total. The van der Waals surface area contributed by atoms with Crippen molar-refractivity contribution in [2.75, 3.05) is 44.2 Å². The maximum atomic E-state index is 14.2. The summed E-state index contributed by atoms with van der Waals surface area (Å²) in [5, 5.41) is 0. The zero-order chi connectivity index (χ0) is 26.6. The molecular formula is C29H34FN3O3S. The Hall–Kier alpha value is -3.23. The van der Waals surface area contributed by atoms with E-state index in [-0.39, 0.29) is 29.7 Å². The van der Waals surface area contributed by atoms with Crippen LogP contribution in [0, 0.1) is 26.6 Å². The van der Waals surface area contributed by atoms with Gasteiger partial charge in [0.25, 0.3) is 0 Å². The van der Waals surface area contributed by atoms with Crippen molar-refractivity contribution in [2.24, 2.45) is 0 Å². The number of benzene rings is 3. The van der Waals surface area contributed by atoms with Crippen LogP contribution in [0.4, 0.5) is 10.1 Å². The molecule has 0 aliphatic carbocycles. The average molecular weight is 524 g/mol. The normalized spacial score (nSPS) is 14.3. The molecular weight excluding hydrogens is 489 g/mol. The summed E-state index contributed by atoms with van der Waals surface area (Å²) in [6, 6.07) is 20.0. The molecule has 0 atom stereocenters. The van der Waals surface area contributed by atoms with E-state index in [0.717, 1.165) is 11.1 Å². The Kier molecular flexibility index (Phi) is 8.29. The fourth-order valence-electron chi connectivity index (χ4n) is 5.04. The van der Waals surface area contributed by atoms with Gasteiger partial charge in [0, 0.05) is 32.7 Å². The van der Waals surface area contributed by atoms with Gasteiger partial charge in [-0.1, -0.05) is 60.2 Å². The highest BCUT2D eigenvalue weighted by molar-refractivity contribution is 7.89. The number of para-hydroxylation sites is 1. The van der Waals surface area contributed by atoms with Gasteiger partial charge in [-0.15, -0.1) is 0 Å². The zero-order valence-corrected chi connectivity index (χ0v) is 22.5. The van der Waals surface area contributed by atoms with Crippen molar-refractivity contribution in [2.45, 2.75) is 32.1 Å². The molecule has 1 aliphatic rings. The van der Waals surface area contributed by atoms with Gasteiger partial charge in [0.1, 0.15) is 5.82 Å². The Morgan fingerprint density at radius 1 is 0.892 bits per heavy atom. The second-order valence-electron chi connectivity index (χ2n) is 9.62. The monoisotopic (exact) mass is 523 g/mol. The smallest absolute Gasteiger partial charge is 0.244 e. The largest absolute Gasteiger partial charge is 0.366 e. The van der Waals surface area contributed by atoms with E-state index < -0.39 is 10.0 Å². The lowest BCUT2D eigenvalue weighted by atomic mass is 10.1. The molecule has 3 aromatic rings. The van der Waals surface area contributed by atoms with E-state index in [4.69, 9.17) is 0 Å². The Labute approximate surface area is 219 Å². The molecule has 37 heavy (non-hydrogen) atoms. The highest BCUT2D eigenvalue weighted by atomic mass is 32.2. The van der Waals surface area contributed by atoms with E-state index in [1.54, 1.807) is 36.9 Å². The van der Waals surface area contributed by atoms with Crippen LogP contribution in [0.5, 0.6) is 0 Å². The Balaban J connectivity index is 1.53. The highest BCUT2D eigenvalue weighted by Crippen LogP contribution is 2.26. The lowest BCUT2D eigenvalue weighted by Crippen LogP contribution is -2.52. The van der Waals surface area contributed by atoms with E-state index in [0.29, 0.717) is 49.4 Å². The molecule has 0 spiro atoms. The number of amides is 1. The molecule has 0 saturated carbocycles. The topological polar surface area (TPSA) is 60.9 Å². The molecule has 0 radical (unpaired) electrons. The number of hydrogen-bond donors (Lipinski definition) is 0. The number of carbonyl (C=O) groups is 1. The van der Waals surface area contributed by atoms with E-state index >= 15 is 0 Å². The third-order valence-electron chi connectivity index (χ3n) is 6.83. The predicted molar refractivity (Wildman–Crippen MR) is 145 cm³/mol. The van der Waals surface area contributed by atoms with Crippen molar-refractivity contribution < 1.29 is 17.6 Å². The molecule has 0 bridgehead atoms. The molecule has 3 aromatic carbocycles. The summed E-state index contributed by atoms with van der Waals surface area (Å²) in [5.74, 6) is -0.531. The van der Waals surface area contributed by atoms with Crippen LogP contribution in [0.2, 0.25) is 0 Å². The quantitative estimate of drug-likeness (QED) is 0.441. The van der Waals surface area contributed by atoms with Crippen LogP contribution in [0.3, 0.4) is 0 Å². The maximum absolute atomic E-state index is 14.2. The Morgan fingerprint density at radius 3 is 2.11 bits per heavy atom. The van der Waals surface area contributed by atoms with Gasteiger partial charge in [-0.25, -0.2) is 12.8 Å². The summed E-state index contributed by atoms with van der Waals surface area (Å²) in [4.78, 5) is 17.2. The first-order chi connectivity index (χ1) is 17.7. The molecule has 1 aliphatic heterocycles. The first kappa shape index (κ1) is 26.8. The molecule has 0 N–H and O–H groups in total. The highest BCUT2D eigenvalue weighted by Gasteiger charge is 2.32. The summed E-state index contributed by atoms with van der Waals surface area (Å²) in [7, 11) is -3.92. The first-order valence-corrected chi connectivity index (χ1v) is 14.0. The maximum Gasteiger partial charge on any atom is 0.244 e. The fraction of sp³-hybridized carbons (Fsp3) is 0.345. The molecule has 4 rings (SSSR count). The minimum atomic E-state index is -3.92. The summed E-state index contributed by atoms with van der Waals surface area (Å²) in [6.45, 7) is 7.28. The lowest BCUT2D eigenvalue weighted by molar-refractivity contribution is -0.131. The number of sulfonamides is 1. The number of anilines is 1. The fourth-order valence-corrected chi connectivity index (χ4v) is 6.84. The van der Waals surface area contributed by atoms with Gasteiger partial charge in [0.15, 0.2) is 0 Å². The van der Waals surface area contributed by atoms with Crippen LogP contribution < -0.4 is 4.90 Å². The first-order valence-electron chi connectivity index (χ1n) is 12.6. The second kappa shape index (κ2) is 11.4. The van der Waals surface area contributed by atoms with Crippen LogP contribution in [0.15, 0.2) is 71.6 Å². The van der Waals surface area contributed by atoms with Gasteiger partial charge in [-0.05, 0) is 56.0 Å².